The fourth-order valence-corrected chi connectivity index (χ4v) is 3.03. The first kappa shape index (κ1) is 16.2. The number of aromatic amines is 1. The van der Waals surface area contributed by atoms with Gasteiger partial charge in [0.25, 0.3) is 0 Å². The van der Waals surface area contributed by atoms with Crippen molar-refractivity contribution in [1.29, 1.82) is 0 Å². The van der Waals surface area contributed by atoms with Crippen molar-refractivity contribution in [2.45, 2.75) is 34.1 Å². The van der Waals surface area contributed by atoms with E-state index in [1.807, 2.05) is 58.0 Å². The summed E-state index contributed by atoms with van der Waals surface area (Å²) in [5, 5.41) is 0. The molecule has 124 valence electrons. The van der Waals surface area contributed by atoms with Gasteiger partial charge in [-0.15, -0.1) is 0 Å². The molecule has 2 aromatic rings. The third-order valence-corrected chi connectivity index (χ3v) is 4.68. The molecule has 0 bridgehead atoms. The van der Waals surface area contributed by atoms with Crippen molar-refractivity contribution in [3.05, 3.63) is 64.2 Å². The zero-order valence-corrected chi connectivity index (χ0v) is 14.4. The van der Waals surface area contributed by atoms with Crippen LogP contribution in [-0.2, 0) is 9.53 Å². The summed E-state index contributed by atoms with van der Waals surface area (Å²) in [6.45, 7) is 7.65. The van der Waals surface area contributed by atoms with Crippen LogP contribution in [0.15, 0.2) is 36.1 Å². The summed E-state index contributed by atoms with van der Waals surface area (Å²) in [6.07, 6.45) is 1.35. The maximum absolute atomic E-state index is 12.2. The average molecular weight is 323 g/mol. The minimum atomic E-state index is -0.543. The second kappa shape index (κ2) is 5.78. The van der Waals surface area contributed by atoms with E-state index in [-0.39, 0.29) is 5.97 Å². The van der Waals surface area contributed by atoms with Gasteiger partial charge in [-0.05, 0) is 44.4 Å². The van der Waals surface area contributed by atoms with Gasteiger partial charge in [0, 0.05) is 12.0 Å². The fourth-order valence-electron chi connectivity index (χ4n) is 3.03. The normalized spacial score (nSPS) is 18.4. The van der Waals surface area contributed by atoms with Crippen LogP contribution in [0.1, 0.15) is 53.1 Å². The van der Waals surface area contributed by atoms with E-state index in [0.717, 1.165) is 34.2 Å². The molecule has 0 amide bonds. The highest BCUT2D eigenvalue weighted by Crippen LogP contribution is 2.42. The van der Waals surface area contributed by atoms with E-state index >= 15 is 0 Å². The lowest BCUT2D eigenvalue weighted by atomic mass is 9.88. The van der Waals surface area contributed by atoms with E-state index in [0.29, 0.717) is 17.9 Å². The van der Waals surface area contributed by atoms with Crippen molar-refractivity contribution >= 4 is 17.8 Å². The SMILES string of the molecule is Cc1c(C=O)[nH]c(/C(=C2\CC(C)(C)C(=O)O2)c2ccccc2)c1C. The number of hydrogen-bond donors (Lipinski definition) is 1. The van der Waals surface area contributed by atoms with Crippen molar-refractivity contribution in [2.24, 2.45) is 5.41 Å². The molecule has 0 atom stereocenters. The molecule has 1 fully saturated rings. The number of esters is 1. The van der Waals surface area contributed by atoms with Crippen molar-refractivity contribution in [3.63, 3.8) is 0 Å². The number of hydrogen-bond acceptors (Lipinski definition) is 3. The lowest BCUT2D eigenvalue weighted by molar-refractivity contribution is -0.142. The van der Waals surface area contributed by atoms with Gasteiger partial charge >= 0.3 is 5.97 Å². The van der Waals surface area contributed by atoms with Crippen LogP contribution in [0.5, 0.6) is 0 Å². The van der Waals surface area contributed by atoms with Gasteiger partial charge in [0.15, 0.2) is 6.29 Å². The van der Waals surface area contributed by atoms with Crippen LogP contribution in [0.25, 0.3) is 5.57 Å². The summed E-state index contributed by atoms with van der Waals surface area (Å²) >= 11 is 0. The fraction of sp³-hybridized carbons (Fsp3) is 0.300. The van der Waals surface area contributed by atoms with E-state index < -0.39 is 5.41 Å². The number of carbonyl (C=O) groups excluding carboxylic acids is 2. The summed E-state index contributed by atoms with van der Waals surface area (Å²) in [5.74, 6) is 0.431. The number of H-pyrrole nitrogens is 1. The van der Waals surface area contributed by atoms with E-state index in [9.17, 15) is 9.59 Å². The highest BCUT2D eigenvalue weighted by molar-refractivity contribution is 5.89. The molecule has 4 nitrogen and oxygen atoms in total. The Bertz CT molecular complexity index is 841. The first-order chi connectivity index (χ1) is 11.3. The number of cyclic esters (lactones) is 1. The van der Waals surface area contributed by atoms with Crippen LogP contribution in [0.4, 0.5) is 0 Å². The largest absolute Gasteiger partial charge is 0.430 e. The van der Waals surface area contributed by atoms with Crippen molar-refractivity contribution in [1.82, 2.24) is 4.98 Å². The van der Waals surface area contributed by atoms with Crippen LogP contribution in [0.3, 0.4) is 0 Å². The topological polar surface area (TPSA) is 59.2 Å². The standard InChI is InChI=1S/C20H21NO3/c1-12-13(2)18(21-15(12)11-22)17(14-8-6-5-7-9-14)16-10-20(3,4)19(23)24-16/h5-9,11,21H,10H2,1-4H3/b17-16+. The maximum atomic E-state index is 12.2. The molecule has 1 aliphatic heterocycles. The van der Waals surface area contributed by atoms with Crippen molar-refractivity contribution in [2.75, 3.05) is 0 Å². The average Bonchev–Trinajstić information content (AvgIpc) is 2.98. The first-order valence-electron chi connectivity index (χ1n) is 8.00. The second-order valence-corrected chi connectivity index (χ2v) is 6.90. The lowest BCUT2D eigenvalue weighted by Gasteiger charge is -2.12. The Kier molecular flexibility index (Phi) is 3.91. The van der Waals surface area contributed by atoms with Crippen LogP contribution in [0, 0.1) is 19.3 Å². The monoisotopic (exact) mass is 323 g/mol. The first-order valence-corrected chi connectivity index (χ1v) is 8.00. The molecule has 2 heterocycles. The number of aromatic nitrogens is 1. The summed E-state index contributed by atoms with van der Waals surface area (Å²) in [7, 11) is 0. The van der Waals surface area contributed by atoms with Crippen LogP contribution < -0.4 is 0 Å². The van der Waals surface area contributed by atoms with Gasteiger partial charge < -0.3 is 9.72 Å². The third-order valence-electron chi connectivity index (χ3n) is 4.68. The van der Waals surface area contributed by atoms with Gasteiger partial charge in [0.2, 0.25) is 0 Å². The van der Waals surface area contributed by atoms with Crippen LogP contribution >= 0.6 is 0 Å². The van der Waals surface area contributed by atoms with Gasteiger partial charge in [-0.1, -0.05) is 30.3 Å². The van der Waals surface area contributed by atoms with Crippen LogP contribution in [0.2, 0.25) is 0 Å². The molecule has 0 aliphatic carbocycles. The van der Waals surface area contributed by atoms with E-state index in [1.165, 1.54) is 0 Å². The molecule has 1 saturated heterocycles. The Morgan fingerprint density at radius 2 is 1.83 bits per heavy atom. The highest BCUT2D eigenvalue weighted by Gasteiger charge is 2.40. The summed E-state index contributed by atoms with van der Waals surface area (Å²) in [4.78, 5) is 26.7. The smallest absolute Gasteiger partial charge is 0.317 e. The molecule has 1 aromatic carbocycles. The number of aldehydes is 1. The molecule has 24 heavy (non-hydrogen) atoms. The lowest BCUT2D eigenvalue weighted by Crippen LogP contribution is -2.16. The van der Waals surface area contributed by atoms with Crippen molar-refractivity contribution in [3.8, 4) is 0 Å². The second-order valence-electron chi connectivity index (χ2n) is 6.90. The third kappa shape index (κ3) is 2.58. The predicted molar refractivity (Wildman–Crippen MR) is 92.6 cm³/mol. The Morgan fingerprint density at radius 3 is 2.33 bits per heavy atom. The molecule has 1 N–H and O–H groups in total. The minimum absolute atomic E-state index is 0.220. The molecular formula is C20H21NO3. The molecule has 0 saturated carbocycles. The number of carbonyl (C=O) groups is 2. The predicted octanol–water partition coefficient (Wildman–Crippen LogP) is 4.18. The summed E-state index contributed by atoms with van der Waals surface area (Å²) in [6, 6.07) is 9.81. The molecular weight excluding hydrogens is 302 g/mol. The number of rotatable bonds is 3. The number of benzene rings is 1. The van der Waals surface area contributed by atoms with Gasteiger partial charge in [-0.3, -0.25) is 9.59 Å². The van der Waals surface area contributed by atoms with Crippen LogP contribution in [-0.4, -0.2) is 17.2 Å². The van der Waals surface area contributed by atoms with Gasteiger partial charge in [-0.2, -0.15) is 0 Å². The minimum Gasteiger partial charge on any atom is -0.430 e. The molecule has 0 radical (unpaired) electrons. The Balaban J connectivity index is 2.26. The molecule has 0 spiro atoms. The molecule has 0 unspecified atom stereocenters. The molecule has 4 heteroatoms. The van der Waals surface area contributed by atoms with E-state index in [4.69, 9.17) is 4.74 Å². The Hall–Kier alpha value is -2.62. The quantitative estimate of drug-likeness (QED) is 0.681. The van der Waals surface area contributed by atoms with E-state index in [2.05, 4.69) is 4.98 Å². The zero-order chi connectivity index (χ0) is 17.5. The van der Waals surface area contributed by atoms with Gasteiger partial charge in [0.05, 0.1) is 16.8 Å². The Morgan fingerprint density at radius 1 is 1.17 bits per heavy atom. The number of allylic oxidation sites excluding steroid dienone is 1. The van der Waals surface area contributed by atoms with Gasteiger partial charge in [-0.25, -0.2) is 0 Å². The maximum Gasteiger partial charge on any atom is 0.317 e. The van der Waals surface area contributed by atoms with Gasteiger partial charge in [0.1, 0.15) is 5.76 Å². The highest BCUT2D eigenvalue weighted by atomic mass is 16.5. The number of nitrogens with one attached hydrogen (secondary N) is 1. The molecule has 1 aliphatic rings. The molecule has 1 aromatic heterocycles. The zero-order valence-electron chi connectivity index (χ0n) is 14.4. The summed E-state index contributed by atoms with van der Waals surface area (Å²) < 4.78 is 5.62. The molecule has 3 rings (SSSR count). The van der Waals surface area contributed by atoms with Crippen molar-refractivity contribution < 1.29 is 14.3 Å². The number of ether oxygens (including phenoxy) is 1. The summed E-state index contributed by atoms with van der Waals surface area (Å²) in [5.41, 5.74) is 4.56. The van der Waals surface area contributed by atoms with E-state index in [1.54, 1.807) is 0 Å². The Labute approximate surface area is 141 Å².